The lowest BCUT2D eigenvalue weighted by Crippen LogP contribution is -2.24. The van der Waals surface area contributed by atoms with E-state index in [1.165, 1.54) is 32.1 Å². The predicted molar refractivity (Wildman–Crippen MR) is 71.9 cm³/mol. The number of carbonyl (C=O) groups excluding carboxylic acids is 1. The largest absolute Gasteiger partial charge is 0.393 e. The summed E-state index contributed by atoms with van der Waals surface area (Å²) < 4.78 is 0. The van der Waals surface area contributed by atoms with Gasteiger partial charge in [-0.3, -0.25) is 4.79 Å². The minimum Gasteiger partial charge on any atom is -0.393 e. The monoisotopic (exact) mass is 243 g/mol. The minimum absolute atomic E-state index is 0.142. The van der Waals surface area contributed by atoms with Gasteiger partial charge in [0, 0.05) is 20.5 Å². The lowest BCUT2D eigenvalue weighted by atomic mass is 10.1. The molecule has 1 unspecified atom stereocenters. The maximum atomic E-state index is 10.9. The number of hydrogen-bond acceptors (Lipinski definition) is 2. The molecule has 0 aromatic heterocycles. The number of amides is 1. The van der Waals surface area contributed by atoms with Gasteiger partial charge in [0.15, 0.2) is 0 Å². The highest BCUT2D eigenvalue weighted by Crippen LogP contribution is 2.09. The lowest BCUT2D eigenvalue weighted by molar-refractivity contribution is -0.127. The first-order chi connectivity index (χ1) is 8.04. The second-order valence-electron chi connectivity index (χ2n) is 5.05. The third-order valence-corrected chi connectivity index (χ3v) is 3.15. The van der Waals surface area contributed by atoms with E-state index in [2.05, 4.69) is 0 Å². The van der Waals surface area contributed by atoms with E-state index >= 15 is 0 Å². The summed E-state index contributed by atoms with van der Waals surface area (Å²) in [5.74, 6) is 0.156. The zero-order valence-electron chi connectivity index (χ0n) is 11.7. The molecule has 0 saturated carbocycles. The highest BCUT2D eigenvalue weighted by atomic mass is 16.3. The Morgan fingerprint density at radius 3 is 2.00 bits per heavy atom. The topological polar surface area (TPSA) is 40.5 Å². The van der Waals surface area contributed by atoms with E-state index in [0.717, 1.165) is 25.8 Å². The van der Waals surface area contributed by atoms with Crippen molar-refractivity contribution in [3.8, 4) is 0 Å². The molecule has 0 aromatic rings. The molecule has 0 bridgehead atoms. The molecular formula is C14H29NO2. The Morgan fingerprint density at radius 1 is 1.06 bits per heavy atom. The minimum atomic E-state index is -0.142. The molecule has 0 aliphatic carbocycles. The van der Waals surface area contributed by atoms with Crippen LogP contribution in [0.25, 0.3) is 0 Å². The first kappa shape index (κ1) is 16.4. The first-order valence-electron chi connectivity index (χ1n) is 6.93. The Morgan fingerprint density at radius 2 is 1.53 bits per heavy atom. The van der Waals surface area contributed by atoms with E-state index in [1.54, 1.807) is 11.8 Å². The van der Waals surface area contributed by atoms with Crippen molar-refractivity contribution in [2.75, 3.05) is 13.6 Å². The van der Waals surface area contributed by atoms with Crippen LogP contribution in [-0.4, -0.2) is 35.6 Å². The summed E-state index contributed by atoms with van der Waals surface area (Å²) >= 11 is 0. The van der Waals surface area contributed by atoms with Crippen molar-refractivity contribution >= 4 is 5.91 Å². The van der Waals surface area contributed by atoms with Crippen LogP contribution in [0.2, 0.25) is 0 Å². The molecule has 3 heteroatoms. The summed E-state index contributed by atoms with van der Waals surface area (Å²) in [5, 5.41) is 9.09. The third kappa shape index (κ3) is 11.7. The Balaban J connectivity index is 3.11. The van der Waals surface area contributed by atoms with Crippen LogP contribution >= 0.6 is 0 Å². The third-order valence-electron chi connectivity index (χ3n) is 3.15. The second-order valence-corrected chi connectivity index (χ2v) is 5.05. The van der Waals surface area contributed by atoms with Crippen LogP contribution in [-0.2, 0) is 4.79 Å². The Bertz CT molecular complexity index is 193. The number of aliphatic hydroxyl groups excluding tert-OH is 1. The molecule has 0 heterocycles. The van der Waals surface area contributed by atoms with E-state index in [1.807, 2.05) is 14.0 Å². The normalized spacial score (nSPS) is 12.5. The number of carbonyl (C=O) groups is 1. The molecule has 0 aliphatic rings. The highest BCUT2D eigenvalue weighted by Gasteiger charge is 2.00. The van der Waals surface area contributed by atoms with Crippen molar-refractivity contribution in [3.05, 3.63) is 0 Å². The lowest BCUT2D eigenvalue weighted by Gasteiger charge is -2.13. The molecule has 0 spiro atoms. The van der Waals surface area contributed by atoms with E-state index in [4.69, 9.17) is 5.11 Å². The van der Waals surface area contributed by atoms with Gasteiger partial charge in [-0.1, -0.05) is 38.5 Å². The summed E-state index contributed by atoms with van der Waals surface area (Å²) in [5.41, 5.74) is 0. The molecule has 1 amide bonds. The molecule has 102 valence electrons. The molecular weight excluding hydrogens is 214 g/mol. The molecule has 0 aromatic carbocycles. The fourth-order valence-electron chi connectivity index (χ4n) is 1.83. The van der Waals surface area contributed by atoms with Crippen molar-refractivity contribution in [2.45, 2.75) is 71.3 Å². The predicted octanol–water partition coefficient (Wildman–Crippen LogP) is 2.97. The van der Waals surface area contributed by atoms with Crippen molar-refractivity contribution < 1.29 is 9.90 Å². The van der Waals surface area contributed by atoms with Crippen molar-refractivity contribution in [3.63, 3.8) is 0 Å². The first-order valence-corrected chi connectivity index (χ1v) is 6.93. The van der Waals surface area contributed by atoms with Gasteiger partial charge in [0.2, 0.25) is 5.91 Å². The second kappa shape index (κ2) is 10.6. The van der Waals surface area contributed by atoms with Crippen LogP contribution in [0.3, 0.4) is 0 Å². The van der Waals surface area contributed by atoms with Gasteiger partial charge >= 0.3 is 0 Å². The summed E-state index contributed by atoms with van der Waals surface area (Å²) in [6, 6.07) is 0. The average molecular weight is 243 g/mol. The number of hydrogen-bond donors (Lipinski definition) is 1. The van der Waals surface area contributed by atoms with E-state index in [-0.39, 0.29) is 12.0 Å². The van der Waals surface area contributed by atoms with Gasteiger partial charge in [0.25, 0.3) is 0 Å². The number of nitrogens with zero attached hydrogens (tertiary/aromatic N) is 1. The van der Waals surface area contributed by atoms with Gasteiger partial charge < -0.3 is 10.0 Å². The zero-order valence-corrected chi connectivity index (χ0v) is 11.7. The van der Waals surface area contributed by atoms with Crippen LogP contribution in [0.4, 0.5) is 0 Å². The van der Waals surface area contributed by atoms with Crippen molar-refractivity contribution in [1.29, 1.82) is 0 Å². The van der Waals surface area contributed by atoms with E-state index < -0.39 is 0 Å². The number of aliphatic hydroxyl groups is 1. The molecule has 1 N–H and O–H groups in total. The fraction of sp³-hybridized carbons (Fsp3) is 0.929. The molecule has 0 rings (SSSR count). The van der Waals surface area contributed by atoms with E-state index in [9.17, 15) is 4.79 Å². The van der Waals surface area contributed by atoms with Gasteiger partial charge in [-0.15, -0.1) is 0 Å². The molecule has 0 fully saturated rings. The number of rotatable bonds is 10. The quantitative estimate of drug-likeness (QED) is 0.599. The molecule has 0 aliphatic heterocycles. The standard InChI is InChI=1S/C14H29NO2/c1-13(16)11-9-7-5-4-6-8-10-12-15(3)14(2)17/h13,16H,4-12H2,1-3H3. The maximum absolute atomic E-state index is 10.9. The van der Waals surface area contributed by atoms with Crippen LogP contribution in [0.1, 0.15) is 65.2 Å². The fourth-order valence-corrected chi connectivity index (χ4v) is 1.83. The van der Waals surface area contributed by atoms with Crippen LogP contribution in [0.5, 0.6) is 0 Å². The average Bonchev–Trinajstić information content (AvgIpc) is 2.25. The van der Waals surface area contributed by atoms with Crippen molar-refractivity contribution in [1.82, 2.24) is 4.90 Å². The van der Waals surface area contributed by atoms with Gasteiger partial charge in [0.1, 0.15) is 0 Å². The molecule has 0 radical (unpaired) electrons. The number of unbranched alkanes of at least 4 members (excludes halogenated alkanes) is 6. The smallest absolute Gasteiger partial charge is 0.219 e. The Labute approximate surface area is 106 Å². The summed E-state index contributed by atoms with van der Waals surface area (Å²) in [6.45, 7) is 4.35. The van der Waals surface area contributed by atoms with Gasteiger partial charge in [-0.2, -0.15) is 0 Å². The maximum Gasteiger partial charge on any atom is 0.219 e. The van der Waals surface area contributed by atoms with Crippen molar-refractivity contribution in [2.24, 2.45) is 0 Å². The zero-order chi connectivity index (χ0) is 13.1. The van der Waals surface area contributed by atoms with E-state index in [0.29, 0.717) is 0 Å². The summed E-state index contributed by atoms with van der Waals surface area (Å²) in [4.78, 5) is 12.7. The van der Waals surface area contributed by atoms with Gasteiger partial charge in [-0.05, 0) is 19.8 Å². The van der Waals surface area contributed by atoms with Crippen LogP contribution in [0.15, 0.2) is 0 Å². The van der Waals surface area contributed by atoms with Gasteiger partial charge in [-0.25, -0.2) is 0 Å². The van der Waals surface area contributed by atoms with Crippen LogP contribution in [0, 0.1) is 0 Å². The highest BCUT2D eigenvalue weighted by molar-refractivity contribution is 5.72. The molecule has 17 heavy (non-hydrogen) atoms. The summed E-state index contributed by atoms with van der Waals surface area (Å²) in [7, 11) is 1.86. The molecule has 3 nitrogen and oxygen atoms in total. The molecule has 1 atom stereocenters. The summed E-state index contributed by atoms with van der Waals surface area (Å²) in [6.07, 6.45) is 9.32. The SMILES string of the molecule is CC(=O)N(C)CCCCCCCCCC(C)O. The molecule has 0 saturated heterocycles. The van der Waals surface area contributed by atoms with Gasteiger partial charge in [0.05, 0.1) is 6.10 Å². The van der Waals surface area contributed by atoms with Crippen LogP contribution < -0.4 is 0 Å². The Kier molecular flexibility index (Phi) is 10.2. The Hall–Kier alpha value is -0.570.